The molecule has 190 valence electrons. The van der Waals surface area contributed by atoms with E-state index in [4.69, 9.17) is 0 Å². The zero-order valence-electron chi connectivity index (χ0n) is 22.8. The molecule has 2 aliphatic heterocycles. The van der Waals surface area contributed by atoms with Crippen LogP contribution in [0.5, 0.6) is 0 Å². The normalized spacial score (nSPS) is 16.5. The number of carbonyl (C=O) groups is 2. The predicted molar refractivity (Wildman–Crippen MR) is 156 cm³/mol. The molecule has 0 saturated carbocycles. The van der Waals surface area contributed by atoms with Gasteiger partial charge in [0.25, 0.3) is 11.8 Å². The van der Waals surface area contributed by atoms with Crippen LogP contribution < -0.4 is 9.80 Å². The van der Waals surface area contributed by atoms with Gasteiger partial charge in [-0.3, -0.25) is 19.4 Å². The van der Waals surface area contributed by atoms with Crippen LogP contribution in [-0.2, 0) is 9.59 Å². The largest absolute Gasteiger partial charge is 0.274 e. The Balaban J connectivity index is 1.71. The molecule has 0 bridgehead atoms. The highest BCUT2D eigenvalue weighted by atomic mass is 16.2. The first kappa shape index (κ1) is 24.2. The third kappa shape index (κ3) is 3.43. The van der Waals surface area contributed by atoms with Gasteiger partial charge in [0, 0.05) is 21.9 Å². The molecular formula is C34H32N2O2. The number of amides is 2. The van der Waals surface area contributed by atoms with Gasteiger partial charge in [-0.1, -0.05) is 114 Å². The summed E-state index contributed by atoms with van der Waals surface area (Å²) in [4.78, 5) is 32.7. The Kier molecular flexibility index (Phi) is 5.19. The number of carbonyl (C=O) groups excluding carboxylic acids is 2. The summed E-state index contributed by atoms with van der Waals surface area (Å²) in [5.74, 6) is -0.142. The lowest BCUT2D eigenvalue weighted by Crippen LogP contribution is -2.34. The molecule has 0 spiro atoms. The maximum absolute atomic E-state index is 14.5. The number of fused-ring (bicyclic) bond motifs is 3. The Bertz CT molecular complexity index is 1590. The first-order valence-corrected chi connectivity index (χ1v) is 13.1. The summed E-state index contributed by atoms with van der Waals surface area (Å²) < 4.78 is 0. The van der Waals surface area contributed by atoms with Crippen molar-refractivity contribution < 1.29 is 9.59 Å². The Hall–Kier alpha value is -4.18. The van der Waals surface area contributed by atoms with Gasteiger partial charge in [-0.25, -0.2) is 0 Å². The molecule has 2 aliphatic rings. The van der Waals surface area contributed by atoms with E-state index in [0.717, 1.165) is 32.9 Å². The molecule has 0 radical (unpaired) electrons. The molecule has 4 heteroatoms. The summed E-state index contributed by atoms with van der Waals surface area (Å²) in [5, 5.41) is 4.07. The molecule has 2 heterocycles. The molecule has 4 aromatic carbocycles. The quantitative estimate of drug-likeness (QED) is 0.280. The third-order valence-electron chi connectivity index (χ3n) is 7.49. The fourth-order valence-electron chi connectivity index (χ4n) is 5.92. The van der Waals surface area contributed by atoms with Crippen LogP contribution in [0.15, 0.2) is 107 Å². The minimum atomic E-state index is -0.493. The van der Waals surface area contributed by atoms with E-state index in [9.17, 15) is 9.59 Å². The lowest BCUT2D eigenvalue weighted by molar-refractivity contribution is -0.115. The molecule has 0 atom stereocenters. The lowest BCUT2D eigenvalue weighted by atomic mass is 9.84. The van der Waals surface area contributed by atoms with Crippen LogP contribution in [0.4, 0.5) is 11.4 Å². The molecule has 0 aliphatic carbocycles. The van der Waals surface area contributed by atoms with E-state index in [0.29, 0.717) is 22.5 Å². The summed E-state index contributed by atoms with van der Waals surface area (Å²) in [6, 6.07) is 28.2. The van der Waals surface area contributed by atoms with Crippen LogP contribution in [0.3, 0.4) is 0 Å². The summed E-state index contributed by atoms with van der Waals surface area (Å²) in [6.07, 6.45) is 0. The van der Waals surface area contributed by atoms with Crippen LogP contribution >= 0.6 is 0 Å². The van der Waals surface area contributed by atoms with Gasteiger partial charge in [0.1, 0.15) is 0 Å². The molecule has 0 saturated heterocycles. The van der Waals surface area contributed by atoms with Crippen LogP contribution in [0.1, 0.15) is 41.5 Å². The molecule has 4 nitrogen and oxygen atoms in total. The monoisotopic (exact) mass is 500 g/mol. The minimum Gasteiger partial charge on any atom is -0.274 e. The third-order valence-corrected chi connectivity index (χ3v) is 7.49. The number of rotatable bonds is 2. The summed E-state index contributed by atoms with van der Waals surface area (Å²) in [5.41, 5.74) is 3.34. The maximum Gasteiger partial charge on any atom is 0.261 e. The maximum atomic E-state index is 14.5. The average Bonchev–Trinajstić information content (AvgIpc) is 3.31. The summed E-state index contributed by atoms with van der Waals surface area (Å²) >= 11 is 0. The van der Waals surface area contributed by atoms with Crippen molar-refractivity contribution in [2.75, 3.05) is 9.80 Å². The fraction of sp³-hybridized carbons (Fsp3) is 0.235. The van der Waals surface area contributed by atoms with Crippen molar-refractivity contribution in [1.82, 2.24) is 0 Å². The van der Waals surface area contributed by atoms with Crippen molar-refractivity contribution in [2.45, 2.75) is 41.5 Å². The van der Waals surface area contributed by atoms with E-state index in [1.165, 1.54) is 0 Å². The van der Waals surface area contributed by atoms with Gasteiger partial charge in [0.15, 0.2) is 0 Å². The molecule has 0 N–H and O–H groups in total. The summed E-state index contributed by atoms with van der Waals surface area (Å²) in [6.45, 7) is 12.3. The topological polar surface area (TPSA) is 40.6 Å². The highest BCUT2D eigenvalue weighted by molar-refractivity contribution is 6.27. The lowest BCUT2D eigenvalue weighted by Gasteiger charge is -2.28. The zero-order valence-corrected chi connectivity index (χ0v) is 22.8. The average molecular weight is 501 g/mol. The fourth-order valence-corrected chi connectivity index (χ4v) is 5.92. The highest BCUT2D eigenvalue weighted by Crippen LogP contribution is 2.53. The second kappa shape index (κ2) is 8.16. The van der Waals surface area contributed by atoms with Crippen LogP contribution in [-0.4, -0.2) is 11.8 Å². The van der Waals surface area contributed by atoms with Crippen LogP contribution in [0.2, 0.25) is 0 Å². The SMILES string of the molecule is CC(C)(C)C1=C2C(=C(C(C)(C)C)C(=O)N2c2cccc3ccccc23)N(c2cccc3ccccc23)C1=O. The van der Waals surface area contributed by atoms with Gasteiger partial charge in [-0.05, 0) is 33.7 Å². The predicted octanol–water partition coefficient (Wildman–Crippen LogP) is 7.99. The van der Waals surface area contributed by atoms with Gasteiger partial charge in [-0.2, -0.15) is 0 Å². The van der Waals surface area contributed by atoms with Crippen molar-refractivity contribution in [3.05, 3.63) is 107 Å². The molecule has 6 rings (SSSR count). The van der Waals surface area contributed by atoms with E-state index < -0.39 is 10.8 Å². The molecule has 38 heavy (non-hydrogen) atoms. The molecule has 0 aromatic heterocycles. The second-order valence-electron chi connectivity index (χ2n) is 12.2. The van der Waals surface area contributed by atoms with Gasteiger partial charge >= 0.3 is 0 Å². The minimum absolute atomic E-state index is 0.0710. The number of hydrogen-bond donors (Lipinski definition) is 0. The van der Waals surface area contributed by atoms with Gasteiger partial charge in [-0.15, -0.1) is 0 Å². The molecule has 0 fully saturated rings. The standard InChI is InChI=1S/C34H32N2O2/c1-33(2,3)27-29-30(36(31(27)37)26-20-12-16-22-14-8-10-18-24(22)26)28(34(4,5)6)32(38)35(29)25-19-11-15-21-13-7-9-17-23(21)25/h7-20H,1-6H3. The first-order chi connectivity index (χ1) is 18.0. The zero-order chi connectivity index (χ0) is 27.0. The number of hydrogen-bond acceptors (Lipinski definition) is 2. The van der Waals surface area contributed by atoms with Crippen LogP contribution in [0.25, 0.3) is 21.5 Å². The van der Waals surface area contributed by atoms with E-state index in [1.807, 2.05) is 70.5 Å². The molecule has 2 amide bonds. The van der Waals surface area contributed by atoms with E-state index in [-0.39, 0.29) is 11.8 Å². The van der Waals surface area contributed by atoms with E-state index in [2.05, 4.69) is 65.8 Å². The first-order valence-electron chi connectivity index (χ1n) is 13.1. The van der Waals surface area contributed by atoms with Crippen molar-refractivity contribution in [3.8, 4) is 0 Å². The second-order valence-corrected chi connectivity index (χ2v) is 12.2. The van der Waals surface area contributed by atoms with E-state index >= 15 is 0 Å². The Morgan fingerprint density at radius 1 is 0.474 bits per heavy atom. The number of nitrogens with zero attached hydrogens (tertiary/aromatic N) is 2. The van der Waals surface area contributed by atoms with Crippen molar-refractivity contribution in [1.29, 1.82) is 0 Å². The summed E-state index contributed by atoms with van der Waals surface area (Å²) in [7, 11) is 0. The Morgan fingerprint density at radius 3 is 1.18 bits per heavy atom. The Morgan fingerprint density at radius 2 is 0.816 bits per heavy atom. The smallest absolute Gasteiger partial charge is 0.261 e. The van der Waals surface area contributed by atoms with Crippen molar-refractivity contribution in [2.24, 2.45) is 10.8 Å². The van der Waals surface area contributed by atoms with Gasteiger partial charge in [0.2, 0.25) is 0 Å². The van der Waals surface area contributed by atoms with Crippen LogP contribution in [0, 0.1) is 10.8 Å². The van der Waals surface area contributed by atoms with Crippen molar-refractivity contribution in [3.63, 3.8) is 0 Å². The molecule has 0 unspecified atom stereocenters. The molecule has 4 aromatic rings. The van der Waals surface area contributed by atoms with Gasteiger partial charge in [0.05, 0.1) is 22.8 Å². The highest BCUT2D eigenvalue weighted by Gasteiger charge is 2.53. The number of benzene rings is 4. The van der Waals surface area contributed by atoms with Gasteiger partial charge < -0.3 is 0 Å². The Labute approximate surface area is 223 Å². The van der Waals surface area contributed by atoms with Crippen molar-refractivity contribution >= 4 is 44.7 Å². The number of anilines is 2. The molecular weight excluding hydrogens is 468 g/mol. The van der Waals surface area contributed by atoms with E-state index in [1.54, 1.807) is 0 Å².